The lowest BCUT2D eigenvalue weighted by atomic mass is 10.1. The molecule has 2 rings (SSSR count). The second kappa shape index (κ2) is 14.3. The van der Waals surface area contributed by atoms with Crippen molar-refractivity contribution in [2.75, 3.05) is 19.8 Å². The fourth-order valence-corrected chi connectivity index (χ4v) is 2.91. The number of aliphatic hydroxyl groups is 1. The van der Waals surface area contributed by atoms with Crippen LogP contribution in [0.3, 0.4) is 0 Å². The summed E-state index contributed by atoms with van der Waals surface area (Å²) in [6.45, 7) is 7.98. The van der Waals surface area contributed by atoms with Gasteiger partial charge in [0.15, 0.2) is 0 Å². The Balaban J connectivity index is 2.04. The zero-order valence-electron chi connectivity index (χ0n) is 19.6. The summed E-state index contributed by atoms with van der Waals surface area (Å²) in [5, 5.41) is 14.3. The van der Waals surface area contributed by atoms with E-state index in [1.165, 1.54) is 0 Å². The molecule has 180 valence electrons. The van der Waals surface area contributed by atoms with E-state index in [0.717, 1.165) is 5.56 Å². The van der Waals surface area contributed by atoms with Gasteiger partial charge in [-0.25, -0.2) is 0 Å². The number of ether oxygens (including phenoxy) is 2. The van der Waals surface area contributed by atoms with Crippen LogP contribution in [0.5, 0.6) is 11.5 Å². The smallest absolute Gasteiger partial charge is 0.251 e. The SMILES string of the molecule is C=C/C(=C\C=C\CC(NC(=O)c1ccc(Oc2ccc(C)cc2)cc1)C(=O)NCCO)OCC. The summed E-state index contributed by atoms with van der Waals surface area (Å²) in [5.41, 5.74) is 1.53. The molecule has 2 aromatic carbocycles. The maximum atomic E-state index is 12.8. The standard InChI is InChI=1S/C27H32N2O5/c1-4-22(33-5-2)8-6-7-9-25(27(32)28-18-19-30)29-26(31)21-12-16-24(17-13-21)34-23-14-10-20(3)11-15-23/h4,6-8,10-17,25,30H,1,5,9,18-19H2,2-3H3,(H,28,32)(H,29,31)/b7-6+,22-8+. The fourth-order valence-electron chi connectivity index (χ4n) is 2.91. The number of aliphatic hydroxyl groups excluding tert-OH is 1. The Morgan fingerprint density at radius 2 is 1.74 bits per heavy atom. The van der Waals surface area contributed by atoms with Crippen molar-refractivity contribution in [1.82, 2.24) is 10.6 Å². The Bertz CT molecular complexity index is 995. The molecule has 0 aliphatic carbocycles. The van der Waals surface area contributed by atoms with Gasteiger partial charge in [-0.15, -0.1) is 0 Å². The molecule has 1 atom stereocenters. The largest absolute Gasteiger partial charge is 0.494 e. The van der Waals surface area contributed by atoms with E-state index in [9.17, 15) is 9.59 Å². The highest BCUT2D eigenvalue weighted by Gasteiger charge is 2.20. The van der Waals surface area contributed by atoms with Crippen molar-refractivity contribution >= 4 is 11.8 Å². The van der Waals surface area contributed by atoms with Gasteiger partial charge in [-0.1, -0.05) is 36.4 Å². The predicted molar refractivity (Wildman–Crippen MR) is 133 cm³/mol. The Labute approximate surface area is 200 Å². The second-order valence-electron chi connectivity index (χ2n) is 7.35. The van der Waals surface area contributed by atoms with E-state index < -0.39 is 11.9 Å². The van der Waals surface area contributed by atoms with E-state index in [-0.39, 0.29) is 25.5 Å². The lowest BCUT2D eigenvalue weighted by Crippen LogP contribution is -2.47. The van der Waals surface area contributed by atoms with Gasteiger partial charge in [0.2, 0.25) is 5.91 Å². The predicted octanol–water partition coefficient (Wildman–Crippen LogP) is 4.05. The molecule has 0 spiro atoms. The van der Waals surface area contributed by atoms with Gasteiger partial charge >= 0.3 is 0 Å². The Hall–Kier alpha value is -3.84. The molecule has 2 amide bonds. The Morgan fingerprint density at radius 1 is 1.09 bits per heavy atom. The summed E-state index contributed by atoms with van der Waals surface area (Å²) in [6, 6.07) is 13.5. The zero-order chi connectivity index (χ0) is 24.8. The van der Waals surface area contributed by atoms with Crippen LogP contribution in [-0.2, 0) is 9.53 Å². The highest BCUT2D eigenvalue weighted by Crippen LogP contribution is 2.22. The Kier molecular flexibility index (Phi) is 11.1. The third-order valence-electron chi connectivity index (χ3n) is 4.69. The third-order valence-corrected chi connectivity index (χ3v) is 4.69. The molecule has 0 aliphatic rings. The third kappa shape index (κ3) is 8.96. The van der Waals surface area contributed by atoms with Gasteiger partial charge in [0, 0.05) is 12.1 Å². The highest BCUT2D eigenvalue weighted by molar-refractivity contribution is 5.97. The molecule has 7 nitrogen and oxygen atoms in total. The molecule has 0 aliphatic heterocycles. The number of hydrogen-bond acceptors (Lipinski definition) is 5. The first kappa shape index (κ1) is 26.4. The van der Waals surface area contributed by atoms with E-state index in [1.54, 1.807) is 48.6 Å². The molecule has 1 unspecified atom stereocenters. The summed E-state index contributed by atoms with van der Waals surface area (Å²) in [6.07, 6.45) is 7.07. The highest BCUT2D eigenvalue weighted by atomic mass is 16.5. The number of hydrogen-bond donors (Lipinski definition) is 3. The molecule has 3 N–H and O–H groups in total. The van der Waals surface area contributed by atoms with Crippen molar-refractivity contribution in [2.45, 2.75) is 26.3 Å². The number of benzene rings is 2. The lowest BCUT2D eigenvalue weighted by molar-refractivity contribution is -0.123. The topological polar surface area (TPSA) is 96.9 Å². The van der Waals surface area contributed by atoms with Crippen LogP contribution in [0.25, 0.3) is 0 Å². The molecule has 2 aromatic rings. The molecule has 7 heteroatoms. The van der Waals surface area contributed by atoms with Gasteiger partial charge in [-0.3, -0.25) is 9.59 Å². The summed E-state index contributed by atoms with van der Waals surface area (Å²) >= 11 is 0. The maximum absolute atomic E-state index is 12.8. The van der Waals surface area contributed by atoms with Crippen molar-refractivity contribution in [3.05, 3.63) is 96.3 Å². The van der Waals surface area contributed by atoms with Crippen molar-refractivity contribution in [1.29, 1.82) is 0 Å². The number of carbonyl (C=O) groups excluding carboxylic acids is 2. The summed E-state index contributed by atoms with van der Waals surface area (Å²) in [5.74, 6) is 1.13. The molecule has 34 heavy (non-hydrogen) atoms. The van der Waals surface area contributed by atoms with E-state index in [2.05, 4.69) is 17.2 Å². The lowest BCUT2D eigenvalue weighted by Gasteiger charge is -2.17. The summed E-state index contributed by atoms with van der Waals surface area (Å²) < 4.78 is 11.2. The van der Waals surface area contributed by atoms with Crippen molar-refractivity contribution < 1.29 is 24.2 Å². The monoisotopic (exact) mass is 464 g/mol. The molecule has 0 saturated carbocycles. The first-order valence-electron chi connectivity index (χ1n) is 11.1. The van der Waals surface area contributed by atoms with Gasteiger partial charge in [-0.2, -0.15) is 0 Å². The number of rotatable bonds is 13. The van der Waals surface area contributed by atoms with Crippen molar-refractivity contribution in [3.63, 3.8) is 0 Å². The van der Waals surface area contributed by atoms with Crippen LogP contribution in [0, 0.1) is 6.92 Å². The first-order valence-corrected chi connectivity index (χ1v) is 11.1. The number of amides is 2. The minimum Gasteiger partial charge on any atom is -0.494 e. The average molecular weight is 465 g/mol. The molecule has 0 heterocycles. The van der Waals surface area contributed by atoms with E-state index in [1.807, 2.05) is 38.1 Å². The van der Waals surface area contributed by atoms with Crippen LogP contribution in [-0.4, -0.2) is 42.7 Å². The zero-order valence-corrected chi connectivity index (χ0v) is 19.6. The van der Waals surface area contributed by atoms with Crippen LogP contribution < -0.4 is 15.4 Å². The number of allylic oxidation sites excluding steroid dienone is 3. The number of aryl methyl sites for hydroxylation is 1. The van der Waals surface area contributed by atoms with Gasteiger partial charge in [0.05, 0.1) is 13.2 Å². The number of nitrogens with one attached hydrogen (secondary N) is 2. The minimum atomic E-state index is -0.813. The molecular formula is C27H32N2O5. The Morgan fingerprint density at radius 3 is 2.32 bits per heavy atom. The van der Waals surface area contributed by atoms with E-state index in [0.29, 0.717) is 29.4 Å². The molecule has 0 radical (unpaired) electrons. The van der Waals surface area contributed by atoms with Crippen LogP contribution in [0.1, 0.15) is 29.3 Å². The van der Waals surface area contributed by atoms with Crippen LogP contribution >= 0.6 is 0 Å². The van der Waals surface area contributed by atoms with Crippen LogP contribution in [0.4, 0.5) is 0 Å². The fraction of sp³-hybridized carbons (Fsp3) is 0.259. The van der Waals surface area contributed by atoms with Gasteiger partial charge in [0.25, 0.3) is 5.91 Å². The average Bonchev–Trinajstić information content (AvgIpc) is 2.85. The molecule has 0 saturated heterocycles. The van der Waals surface area contributed by atoms with Crippen LogP contribution in [0.2, 0.25) is 0 Å². The quantitative estimate of drug-likeness (QED) is 0.307. The minimum absolute atomic E-state index is 0.102. The molecule has 0 bridgehead atoms. The summed E-state index contributed by atoms with van der Waals surface area (Å²) in [4.78, 5) is 25.3. The molecular weight excluding hydrogens is 432 g/mol. The second-order valence-corrected chi connectivity index (χ2v) is 7.35. The van der Waals surface area contributed by atoms with Crippen molar-refractivity contribution in [2.24, 2.45) is 0 Å². The molecule has 0 aromatic heterocycles. The van der Waals surface area contributed by atoms with E-state index >= 15 is 0 Å². The first-order chi connectivity index (χ1) is 16.5. The van der Waals surface area contributed by atoms with Gasteiger partial charge in [-0.05, 0) is 68.8 Å². The normalized spacial score (nSPS) is 12.1. The maximum Gasteiger partial charge on any atom is 0.251 e. The number of carbonyl (C=O) groups is 2. The van der Waals surface area contributed by atoms with Crippen molar-refractivity contribution in [3.8, 4) is 11.5 Å². The van der Waals surface area contributed by atoms with Gasteiger partial charge in [0.1, 0.15) is 23.3 Å². The van der Waals surface area contributed by atoms with E-state index in [4.69, 9.17) is 14.6 Å². The van der Waals surface area contributed by atoms with Gasteiger partial charge < -0.3 is 25.2 Å². The molecule has 0 fully saturated rings. The summed E-state index contributed by atoms with van der Waals surface area (Å²) in [7, 11) is 0. The van der Waals surface area contributed by atoms with Crippen LogP contribution in [0.15, 0.2) is 85.2 Å².